The molecule has 0 spiro atoms. The highest BCUT2D eigenvalue weighted by atomic mass is 19.1. The Hall–Kier alpha value is -6.25. The number of nitrogens with zero attached hydrogens (tertiary/aromatic N) is 3. The van der Waals surface area contributed by atoms with E-state index in [1.807, 2.05) is 18.2 Å². The fraction of sp³-hybridized carbons (Fsp3) is 0.189. The highest BCUT2D eigenvalue weighted by molar-refractivity contribution is 5.94. The van der Waals surface area contributed by atoms with E-state index in [9.17, 15) is 18.8 Å². The molecule has 5 N–H and O–H groups in total. The largest absolute Gasteiger partial charge is 0.377 e. The van der Waals surface area contributed by atoms with Gasteiger partial charge in [0.2, 0.25) is 17.8 Å². The van der Waals surface area contributed by atoms with Crippen LogP contribution in [0.1, 0.15) is 36.6 Å². The van der Waals surface area contributed by atoms with E-state index in [4.69, 9.17) is 9.47 Å². The first-order valence-corrected chi connectivity index (χ1v) is 16.2. The van der Waals surface area contributed by atoms with Gasteiger partial charge in [0.05, 0.1) is 26.4 Å². The molecule has 0 unspecified atom stereocenters. The molecule has 262 valence electrons. The Morgan fingerprint density at radius 2 is 1.25 bits per heavy atom. The van der Waals surface area contributed by atoms with Crippen LogP contribution in [-0.4, -0.2) is 72.6 Å². The third-order valence-corrected chi connectivity index (χ3v) is 7.15. The molecule has 1 aromatic heterocycles. The van der Waals surface area contributed by atoms with Crippen LogP contribution in [0.15, 0.2) is 103 Å². The lowest BCUT2D eigenvalue weighted by atomic mass is 10.1. The molecule has 0 saturated heterocycles. The average molecular weight is 693 g/mol. The summed E-state index contributed by atoms with van der Waals surface area (Å²) in [5.41, 5.74) is 3.55. The molecule has 5 aromatic rings. The van der Waals surface area contributed by atoms with Crippen molar-refractivity contribution in [1.82, 2.24) is 25.6 Å². The zero-order valence-corrected chi connectivity index (χ0v) is 27.6. The summed E-state index contributed by atoms with van der Waals surface area (Å²) in [6, 6.07) is 28.5. The topological polar surface area (TPSA) is 168 Å². The lowest BCUT2D eigenvalue weighted by Crippen LogP contribution is -2.27. The van der Waals surface area contributed by atoms with Gasteiger partial charge in [-0.15, -0.1) is 0 Å². The summed E-state index contributed by atoms with van der Waals surface area (Å²) in [5.74, 6) is -0.0393. The molecule has 0 bridgehead atoms. The number of amides is 2. The summed E-state index contributed by atoms with van der Waals surface area (Å²) in [5, 5.41) is 15.0. The minimum absolute atomic E-state index is 0.149. The number of halogens is 1. The molecule has 13 nitrogen and oxygen atoms in total. The number of aromatic nitrogens is 3. The van der Waals surface area contributed by atoms with Gasteiger partial charge in [0.1, 0.15) is 12.1 Å². The van der Waals surface area contributed by atoms with Crippen molar-refractivity contribution in [3.63, 3.8) is 0 Å². The van der Waals surface area contributed by atoms with Gasteiger partial charge in [-0.25, -0.2) is 4.39 Å². The normalized spacial score (nSPS) is 10.6. The van der Waals surface area contributed by atoms with Crippen LogP contribution in [0.2, 0.25) is 0 Å². The highest BCUT2D eigenvalue weighted by Crippen LogP contribution is 2.20. The Balaban J connectivity index is 1.11. The third kappa shape index (κ3) is 12.0. The van der Waals surface area contributed by atoms with Gasteiger partial charge in [0, 0.05) is 47.7 Å². The predicted octanol–water partition coefficient (Wildman–Crippen LogP) is 5.12. The van der Waals surface area contributed by atoms with Crippen molar-refractivity contribution in [2.24, 2.45) is 0 Å². The molecule has 0 aliphatic heterocycles. The fourth-order valence-corrected chi connectivity index (χ4v) is 4.59. The van der Waals surface area contributed by atoms with E-state index in [1.165, 1.54) is 12.1 Å². The Morgan fingerprint density at radius 1 is 0.627 bits per heavy atom. The van der Waals surface area contributed by atoms with Crippen molar-refractivity contribution in [2.45, 2.75) is 6.54 Å². The summed E-state index contributed by atoms with van der Waals surface area (Å²) in [4.78, 5) is 49.4. The Morgan fingerprint density at radius 3 is 1.96 bits per heavy atom. The van der Waals surface area contributed by atoms with Crippen LogP contribution >= 0.6 is 0 Å². The summed E-state index contributed by atoms with van der Waals surface area (Å²) in [6.07, 6.45) is 0.750. The SMILES string of the molecule is O=Cc1cccc(Nc2nc(NCCOCCOCCNC(=O)c3ccccc3)nc(Nc3ccc(C(=O)NCc4ccc(F)cc4)cc3)n2)c1. The van der Waals surface area contributed by atoms with Gasteiger partial charge in [-0.2, -0.15) is 15.0 Å². The molecular formula is C37H37FN8O5. The number of nitrogens with one attached hydrogen (secondary N) is 5. The molecule has 51 heavy (non-hydrogen) atoms. The minimum atomic E-state index is -0.337. The molecule has 0 radical (unpaired) electrons. The number of benzene rings is 4. The van der Waals surface area contributed by atoms with E-state index >= 15 is 0 Å². The van der Waals surface area contributed by atoms with E-state index in [1.54, 1.807) is 72.8 Å². The summed E-state index contributed by atoms with van der Waals surface area (Å²) in [7, 11) is 0. The molecule has 0 aliphatic carbocycles. The third-order valence-electron chi connectivity index (χ3n) is 7.15. The molecule has 14 heteroatoms. The molecule has 0 saturated carbocycles. The van der Waals surface area contributed by atoms with E-state index < -0.39 is 0 Å². The second kappa shape index (κ2) is 19.1. The number of hydrogen-bond donors (Lipinski definition) is 5. The summed E-state index contributed by atoms with van der Waals surface area (Å²) in [6.45, 7) is 2.47. The van der Waals surface area contributed by atoms with Crippen molar-refractivity contribution in [1.29, 1.82) is 0 Å². The molecule has 0 atom stereocenters. The van der Waals surface area contributed by atoms with Gasteiger partial charge in [0.15, 0.2) is 0 Å². The molecule has 4 aromatic carbocycles. The van der Waals surface area contributed by atoms with E-state index in [2.05, 4.69) is 41.5 Å². The summed E-state index contributed by atoms with van der Waals surface area (Å²) < 4.78 is 24.3. The number of carbonyl (C=O) groups excluding carboxylic acids is 3. The molecular weight excluding hydrogens is 655 g/mol. The maximum absolute atomic E-state index is 13.2. The zero-order valence-electron chi connectivity index (χ0n) is 27.6. The lowest BCUT2D eigenvalue weighted by Gasteiger charge is -2.12. The van der Waals surface area contributed by atoms with Crippen LogP contribution in [0.25, 0.3) is 0 Å². The fourth-order valence-electron chi connectivity index (χ4n) is 4.59. The van der Waals surface area contributed by atoms with Crippen LogP contribution in [0.5, 0.6) is 0 Å². The van der Waals surface area contributed by atoms with Gasteiger partial charge in [-0.1, -0.05) is 42.5 Å². The number of anilines is 5. The number of carbonyl (C=O) groups is 3. The number of rotatable bonds is 19. The number of aldehydes is 1. The van der Waals surface area contributed by atoms with Crippen molar-refractivity contribution in [3.8, 4) is 0 Å². The maximum atomic E-state index is 13.2. The second-order valence-corrected chi connectivity index (χ2v) is 11.0. The first kappa shape index (κ1) is 36.0. The van der Waals surface area contributed by atoms with Crippen LogP contribution in [-0.2, 0) is 16.0 Å². The molecule has 5 rings (SSSR count). The van der Waals surface area contributed by atoms with Crippen LogP contribution < -0.4 is 26.6 Å². The van der Waals surface area contributed by atoms with Crippen molar-refractivity contribution >= 4 is 47.3 Å². The van der Waals surface area contributed by atoms with Gasteiger partial charge in [-0.3, -0.25) is 14.4 Å². The Labute approximate surface area is 294 Å². The smallest absolute Gasteiger partial charge is 0.251 e. The van der Waals surface area contributed by atoms with Crippen molar-refractivity contribution in [2.75, 3.05) is 55.5 Å². The molecule has 0 fully saturated rings. The standard InChI is InChI=1S/C37H37FN8O5/c38-30-13-9-26(10-14-30)24-41-34(49)29-11-15-31(16-12-29)42-36-44-35(45-37(46-36)43-32-8-4-5-27(23-32)25-47)40-18-20-51-22-21-50-19-17-39-33(48)28-6-2-1-3-7-28/h1-16,23,25H,17-22,24H2,(H,39,48)(H,41,49)(H3,40,42,43,44,45,46). The van der Waals surface area contributed by atoms with Crippen LogP contribution in [0, 0.1) is 5.82 Å². The van der Waals surface area contributed by atoms with Crippen LogP contribution in [0.4, 0.5) is 33.6 Å². The first-order valence-electron chi connectivity index (χ1n) is 16.2. The molecule has 0 aliphatic rings. The Kier molecular flexibility index (Phi) is 13.5. The van der Waals surface area contributed by atoms with Gasteiger partial charge >= 0.3 is 0 Å². The zero-order chi connectivity index (χ0) is 35.7. The van der Waals surface area contributed by atoms with E-state index in [-0.39, 0.29) is 42.0 Å². The molecule has 2 amide bonds. The first-order chi connectivity index (χ1) is 24.9. The van der Waals surface area contributed by atoms with Crippen molar-refractivity contribution in [3.05, 3.63) is 131 Å². The van der Waals surface area contributed by atoms with Gasteiger partial charge < -0.3 is 36.1 Å². The lowest BCUT2D eigenvalue weighted by molar-refractivity contribution is 0.0519. The maximum Gasteiger partial charge on any atom is 0.251 e. The highest BCUT2D eigenvalue weighted by Gasteiger charge is 2.10. The number of ether oxygens (including phenoxy) is 2. The average Bonchev–Trinajstić information content (AvgIpc) is 3.15. The predicted molar refractivity (Wildman–Crippen MR) is 191 cm³/mol. The summed E-state index contributed by atoms with van der Waals surface area (Å²) >= 11 is 0. The van der Waals surface area contributed by atoms with Crippen molar-refractivity contribution < 1.29 is 28.2 Å². The Bertz CT molecular complexity index is 1880. The van der Waals surface area contributed by atoms with Crippen LogP contribution in [0.3, 0.4) is 0 Å². The number of hydrogen-bond acceptors (Lipinski definition) is 11. The molecule has 1 heterocycles. The minimum Gasteiger partial charge on any atom is -0.377 e. The van der Waals surface area contributed by atoms with E-state index in [0.717, 1.165) is 11.8 Å². The quantitative estimate of drug-likeness (QED) is 0.0576. The van der Waals surface area contributed by atoms with Gasteiger partial charge in [0.25, 0.3) is 11.8 Å². The van der Waals surface area contributed by atoms with E-state index in [0.29, 0.717) is 67.6 Å². The monoisotopic (exact) mass is 692 g/mol. The van der Waals surface area contributed by atoms with Gasteiger partial charge in [-0.05, 0) is 66.2 Å². The second-order valence-electron chi connectivity index (χ2n) is 11.0.